The van der Waals surface area contributed by atoms with Crippen molar-refractivity contribution in [2.45, 2.75) is 26.5 Å². The topological polar surface area (TPSA) is 58.7 Å². The normalized spacial score (nSPS) is 12.7. The molecular formula is C20H24N2O3. The van der Waals surface area contributed by atoms with E-state index in [1.807, 2.05) is 62.2 Å². The van der Waals surface area contributed by atoms with Gasteiger partial charge in [-0.1, -0.05) is 29.8 Å². The Labute approximate surface area is 147 Å². The van der Waals surface area contributed by atoms with Crippen LogP contribution in [0.5, 0.6) is 5.75 Å². The summed E-state index contributed by atoms with van der Waals surface area (Å²) in [6.07, 6.45) is -0.588. The fraction of sp³-hybridized carbons (Fsp3) is 0.350. The maximum absolute atomic E-state index is 10.2. The average molecular weight is 340 g/mol. The first-order chi connectivity index (χ1) is 12.0. The van der Waals surface area contributed by atoms with Crippen molar-refractivity contribution in [1.82, 2.24) is 9.88 Å². The first kappa shape index (κ1) is 17.5. The molecule has 0 saturated heterocycles. The number of aliphatic hydroxyl groups excluding tert-OH is 1. The quantitative estimate of drug-likeness (QED) is 0.715. The number of oxazole rings is 1. The summed E-state index contributed by atoms with van der Waals surface area (Å²) in [5.41, 5.74) is 3.91. The number of nitrogens with zero attached hydrogens (tertiary/aromatic N) is 2. The molecule has 0 fully saturated rings. The molecule has 1 unspecified atom stereocenters. The molecule has 132 valence electrons. The highest BCUT2D eigenvalue weighted by Gasteiger charge is 2.13. The minimum Gasteiger partial charge on any atom is -0.491 e. The van der Waals surface area contributed by atoms with E-state index < -0.39 is 6.10 Å². The summed E-state index contributed by atoms with van der Waals surface area (Å²) in [6.45, 7) is 5.32. The molecule has 0 spiro atoms. The van der Waals surface area contributed by atoms with E-state index in [0.717, 1.165) is 22.4 Å². The van der Waals surface area contributed by atoms with Gasteiger partial charge in [-0.15, -0.1) is 0 Å². The number of ether oxygens (including phenoxy) is 1. The number of aliphatic hydroxyl groups is 1. The largest absolute Gasteiger partial charge is 0.491 e. The lowest BCUT2D eigenvalue weighted by Crippen LogP contribution is -2.32. The van der Waals surface area contributed by atoms with E-state index in [9.17, 15) is 5.11 Å². The van der Waals surface area contributed by atoms with Crippen molar-refractivity contribution in [2.75, 3.05) is 20.2 Å². The average Bonchev–Trinajstić information content (AvgIpc) is 2.95. The van der Waals surface area contributed by atoms with E-state index in [2.05, 4.69) is 11.1 Å². The Hall–Kier alpha value is -2.37. The zero-order valence-corrected chi connectivity index (χ0v) is 14.9. The van der Waals surface area contributed by atoms with Crippen molar-refractivity contribution in [3.63, 3.8) is 0 Å². The SMILES string of the molecule is Cc1ccc(OCC(O)CN(C)Cc2nc3ccccc3o2)c(C)c1. The minimum absolute atomic E-state index is 0.252. The molecule has 5 nitrogen and oxygen atoms in total. The van der Waals surface area contributed by atoms with Crippen LogP contribution in [0.1, 0.15) is 17.0 Å². The molecule has 1 N–H and O–H groups in total. The van der Waals surface area contributed by atoms with Crippen LogP contribution in [0.15, 0.2) is 46.9 Å². The fourth-order valence-electron chi connectivity index (χ4n) is 2.84. The molecule has 0 saturated carbocycles. The lowest BCUT2D eigenvalue weighted by molar-refractivity contribution is 0.0719. The van der Waals surface area contributed by atoms with Crippen molar-refractivity contribution < 1.29 is 14.3 Å². The van der Waals surface area contributed by atoms with Gasteiger partial charge in [0.15, 0.2) is 5.58 Å². The monoisotopic (exact) mass is 340 g/mol. The smallest absolute Gasteiger partial charge is 0.209 e. The maximum Gasteiger partial charge on any atom is 0.209 e. The van der Waals surface area contributed by atoms with Crippen LogP contribution < -0.4 is 4.74 Å². The first-order valence-corrected chi connectivity index (χ1v) is 8.42. The third-order valence-corrected chi connectivity index (χ3v) is 4.03. The highest BCUT2D eigenvalue weighted by molar-refractivity contribution is 5.72. The summed E-state index contributed by atoms with van der Waals surface area (Å²) in [4.78, 5) is 6.43. The lowest BCUT2D eigenvalue weighted by Gasteiger charge is -2.20. The second-order valence-corrected chi connectivity index (χ2v) is 6.51. The van der Waals surface area contributed by atoms with Gasteiger partial charge in [-0.2, -0.15) is 0 Å². The van der Waals surface area contributed by atoms with Crippen molar-refractivity contribution >= 4 is 11.1 Å². The van der Waals surface area contributed by atoms with Gasteiger partial charge in [0.25, 0.3) is 0 Å². The molecule has 3 aromatic rings. The van der Waals surface area contributed by atoms with Crippen molar-refractivity contribution in [3.05, 3.63) is 59.5 Å². The Balaban J connectivity index is 1.50. The van der Waals surface area contributed by atoms with E-state index >= 15 is 0 Å². The molecule has 0 bridgehead atoms. The van der Waals surface area contributed by atoms with Crippen LogP contribution in [0, 0.1) is 13.8 Å². The zero-order chi connectivity index (χ0) is 17.8. The molecule has 1 atom stereocenters. The highest BCUT2D eigenvalue weighted by Crippen LogP contribution is 2.19. The number of hydrogen-bond acceptors (Lipinski definition) is 5. The Morgan fingerprint density at radius 2 is 2.00 bits per heavy atom. The molecule has 0 aliphatic heterocycles. The molecule has 0 aliphatic rings. The number of rotatable bonds is 7. The summed E-state index contributed by atoms with van der Waals surface area (Å²) in [5, 5.41) is 10.2. The molecule has 0 aliphatic carbocycles. The van der Waals surface area contributed by atoms with Crippen LogP contribution >= 0.6 is 0 Å². The first-order valence-electron chi connectivity index (χ1n) is 8.42. The molecule has 2 aromatic carbocycles. The van der Waals surface area contributed by atoms with Gasteiger partial charge in [-0.25, -0.2) is 4.98 Å². The summed E-state index contributed by atoms with van der Waals surface area (Å²) in [7, 11) is 1.93. The summed E-state index contributed by atoms with van der Waals surface area (Å²) < 4.78 is 11.4. The van der Waals surface area contributed by atoms with Gasteiger partial charge in [0.2, 0.25) is 5.89 Å². The van der Waals surface area contributed by atoms with Gasteiger partial charge < -0.3 is 14.3 Å². The van der Waals surface area contributed by atoms with Gasteiger partial charge in [-0.3, -0.25) is 4.90 Å². The van der Waals surface area contributed by atoms with E-state index in [4.69, 9.17) is 9.15 Å². The number of fused-ring (bicyclic) bond motifs is 1. The Morgan fingerprint density at radius 1 is 1.20 bits per heavy atom. The van der Waals surface area contributed by atoms with Crippen LogP contribution in [-0.2, 0) is 6.54 Å². The van der Waals surface area contributed by atoms with E-state index in [0.29, 0.717) is 19.0 Å². The molecule has 1 aromatic heterocycles. The molecule has 25 heavy (non-hydrogen) atoms. The van der Waals surface area contributed by atoms with Crippen molar-refractivity contribution in [1.29, 1.82) is 0 Å². The Kier molecular flexibility index (Phi) is 5.36. The minimum atomic E-state index is -0.588. The standard InChI is InChI=1S/C20H24N2O3/c1-14-8-9-18(15(2)10-14)24-13-16(23)11-22(3)12-20-21-17-6-4-5-7-19(17)25-20/h4-10,16,23H,11-13H2,1-3H3. The van der Waals surface area contributed by atoms with Crippen LogP contribution in [0.2, 0.25) is 0 Å². The molecule has 0 radical (unpaired) electrons. The van der Waals surface area contributed by atoms with Crippen molar-refractivity contribution in [2.24, 2.45) is 0 Å². The third kappa shape index (κ3) is 4.59. The van der Waals surface area contributed by atoms with Gasteiger partial charge in [-0.05, 0) is 44.7 Å². The second-order valence-electron chi connectivity index (χ2n) is 6.51. The molecule has 1 heterocycles. The van der Waals surface area contributed by atoms with E-state index in [1.165, 1.54) is 5.56 Å². The van der Waals surface area contributed by atoms with Crippen LogP contribution in [0.25, 0.3) is 11.1 Å². The molecule has 5 heteroatoms. The predicted octanol–water partition coefficient (Wildman–Crippen LogP) is 3.32. The number of likely N-dealkylation sites (N-methyl/N-ethyl adjacent to an activating group) is 1. The zero-order valence-electron chi connectivity index (χ0n) is 14.9. The lowest BCUT2D eigenvalue weighted by atomic mass is 10.1. The molecule has 0 amide bonds. The highest BCUT2D eigenvalue weighted by atomic mass is 16.5. The molecule has 3 rings (SSSR count). The summed E-state index contributed by atoms with van der Waals surface area (Å²) in [6, 6.07) is 13.7. The summed E-state index contributed by atoms with van der Waals surface area (Å²) >= 11 is 0. The Bertz CT molecular complexity index is 811. The Morgan fingerprint density at radius 3 is 2.76 bits per heavy atom. The fourth-order valence-corrected chi connectivity index (χ4v) is 2.84. The van der Waals surface area contributed by atoms with Gasteiger partial charge >= 0.3 is 0 Å². The second kappa shape index (κ2) is 7.68. The van der Waals surface area contributed by atoms with Gasteiger partial charge in [0.05, 0.1) is 6.54 Å². The van der Waals surface area contributed by atoms with Crippen LogP contribution in [-0.4, -0.2) is 41.3 Å². The van der Waals surface area contributed by atoms with Gasteiger partial charge in [0.1, 0.15) is 24.0 Å². The number of aromatic nitrogens is 1. The number of benzene rings is 2. The van der Waals surface area contributed by atoms with E-state index in [1.54, 1.807) is 0 Å². The van der Waals surface area contributed by atoms with E-state index in [-0.39, 0.29) is 6.61 Å². The number of para-hydroxylation sites is 2. The summed E-state index contributed by atoms with van der Waals surface area (Å²) in [5.74, 6) is 1.46. The van der Waals surface area contributed by atoms with Gasteiger partial charge in [0, 0.05) is 6.54 Å². The van der Waals surface area contributed by atoms with Crippen LogP contribution in [0.3, 0.4) is 0 Å². The predicted molar refractivity (Wildman–Crippen MR) is 97.8 cm³/mol. The van der Waals surface area contributed by atoms with Crippen molar-refractivity contribution in [3.8, 4) is 5.75 Å². The maximum atomic E-state index is 10.2. The molecular weight excluding hydrogens is 316 g/mol. The number of aryl methyl sites for hydroxylation is 2. The third-order valence-electron chi connectivity index (χ3n) is 4.03. The van der Waals surface area contributed by atoms with Crippen LogP contribution in [0.4, 0.5) is 0 Å². The number of hydrogen-bond donors (Lipinski definition) is 1.